The maximum atomic E-state index is 12.4. The minimum Gasteiger partial charge on any atom is -0.508 e. The van der Waals surface area contributed by atoms with Crippen LogP contribution in [0.15, 0.2) is 48.5 Å². The normalized spacial score (nSPS) is 21.2. The molecule has 0 atom stereocenters. The monoisotopic (exact) mass is 324 g/mol. The number of Topliss-reactive ketones (excluding diaryl/α,β-unsaturated/α-hetero) is 4. The lowest BCUT2D eigenvalue weighted by molar-refractivity contribution is -0.151. The van der Waals surface area contributed by atoms with Gasteiger partial charge in [-0.25, -0.2) is 0 Å². The van der Waals surface area contributed by atoms with E-state index in [0.717, 1.165) is 0 Å². The molecule has 0 amide bonds. The smallest absolute Gasteiger partial charge is 0.214 e. The van der Waals surface area contributed by atoms with E-state index in [-0.39, 0.29) is 22.6 Å². The number of hydrogen-bond acceptors (Lipinski definition) is 6. The van der Waals surface area contributed by atoms with E-state index in [2.05, 4.69) is 0 Å². The van der Waals surface area contributed by atoms with Crippen molar-refractivity contribution in [2.24, 2.45) is 0 Å². The van der Waals surface area contributed by atoms with Gasteiger partial charge < -0.3 is 10.2 Å². The van der Waals surface area contributed by atoms with Crippen molar-refractivity contribution in [1.82, 2.24) is 0 Å². The molecular weight excluding hydrogens is 312 g/mol. The van der Waals surface area contributed by atoms with E-state index < -0.39 is 35.0 Å². The third kappa shape index (κ3) is 2.48. The van der Waals surface area contributed by atoms with Crippen molar-refractivity contribution in [3.63, 3.8) is 0 Å². The Morgan fingerprint density at radius 2 is 0.750 bits per heavy atom. The van der Waals surface area contributed by atoms with E-state index in [1.165, 1.54) is 48.5 Å². The van der Waals surface area contributed by atoms with Crippen LogP contribution >= 0.6 is 0 Å². The van der Waals surface area contributed by atoms with Crippen molar-refractivity contribution in [1.29, 1.82) is 0 Å². The number of benzene rings is 2. The molecule has 1 fully saturated rings. The van der Waals surface area contributed by atoms with E-state index in [4.69, 9.17) is 0 Å². The Morgan fingerprint density at radius 3 is 1.00 bits per heavy atom. The Balaban J connectivity index is 2.00. The van der Waals surface area contributed by atoms with Gasteiger partial charge in [0.25, 0.3) is 0 Å². The van der Waals surface area contributed by atoms with Gasteiger partial charge in [0.05, 0.1) is 0 Å². The van der Waals surface area contributed by atoms with E-state index in [1.807, 2.05) is 0 Å². The molecule has 0 unspecified atom stereocenters. The molecule has 0 saturated heterocycles. The van der Waals surface area contributed by atoms with E-state index >= 15 is 0 Å². The molecule has 0 aliphatic heterocycles. The second kappa shape index (κ2) is 5.73. The van der Waals surface area contributed by atoms with Crippen LogP contribution in [0.2, 0.25) is 0 Å². The molecule has 6 heteroatoms. The molecule has 1 aliphatic rings. The number of rotatable bonds is 2. The number of aromatic hydroxyl groups is 2. The predicted molar refractivity (Wildman–Crippen MR) is 81.7 cm³/mol. The highest BCUT2D eigenvalue weighted by Crippen LogP contribution is 2.32. The van der Waals surface area contributed by atoms with Crippen LogP contribution in [0.25, 0.3) is 0 Å². The number of carbonyl (C=O) groups is 4. The lowest BCUT2D eigenvalue weighted by atomic mass is 9.72. The average molecular weight is 324 g/mol. The molecule has 0 heterocycles. The van der Waals surface area contributed by atoms with Gasteiger partial charge in [0, 0.05) is 0 Å². The first-order chi connectivity index (χ1) is 11.4. The molecule has 1 saturated carbocycles. The molecule has 0 bridgehead atoms. The minimum absolute atomic E-state index is 0.0610. The van der Waals surface area contributed by atoms with Gasteiger partial charge in [0.15, 0.2) is 0 Å². The average Bonchev–Trinajstić information content (AvgIpc) is 2.57. The van der Waals surface area contributed by atoms with Crippen LogP contribution in [0.4, 0.5) is 0 Å². The third-order valence-corrected chi connectivity index (χ3v) is 3.99. The Morgan fingerprint density at radius 1 is 0.500 bits per heavy atom. The Hall–Kier alpha value is -3.28. The summed E-state index contributed by atoms with van der Waals surface area (Å²) in [6, 6.07) is 10.4. The van der Waals surface area contributed by atoms with E-state index in [1.54, 1.807) is 0 Å². The molecule has 6 nitrogen and oxygen atoms in total. The van der Waals surface area contributed by atoms with Crippen LogP contribution in [0.5, 0.6) is 11.5 Å². The Kier molecular flexibility index (Phi) is 3.73. The molecule has 2 aromatic rings. The van der Waals surface area contributed by atoms with Gasteiger partial charge in [-0.05, 0) is 35.4 Å². The van der Waals surface area contributed by atoms with Crippen molar-refractivity contribution >= 4 is 23.1 Å². The maximum absolute atomic E-state index is 12.4. The number of carbonyl (C=O) groups excluding carboxylic acids is 4. The van der Waals surface area contributed by atoms with Crippen molar-refractivity contribution in [3.05, 3.63) is 59.7 Å². The number of phenols is 2. The maximum Gasteiger partial charge on any atom is 0.214 e. The second-order valence-corrected chi connectivity index (χ2v) is 5.51. The van der Waals surface area contributed by atoms with Crippen molar-refractivity contribution < 1.29 is 29.4 Å². The summed E-state index contributed by atoms with van der Waals surface area (Å²) in [5.41, 5.74) is 0.377. The Bertz CT molecular complexity index is 747. The van der Waals surface area contributed by atoms with Gasteiger partial charge >= 0.3 is 0 Å². The fourth-order valence-corrected chi connectivity index (χ4v) is 2.75. The first-order valence-corrected chi connectivity index (χ1v) is 7.14. The van der Waals surface area contributed by atoms with Gasteiger partial charge in [-0.2, -0.15) is 0 Å². The van der Waals surface area contributed by atoms with Crippen LogP contribution < -0.4 is 0 Å². The van der Waals surface area contributed by atoms with Gasteiger partial charge in [-0.15, -0.1) is 0 Å². The van der Waals surface area contributed by atoms with Crippen LogP contribution in [0, 0.1) is 0 Å². The predicted octanol–water partition coefficient (Wildman–Crippen LogP) is 1.26. The second-order valence-electron chi connectivity index (χ2n) is 5.51. The zero-order valence-electron chi connectivity index (χ0n) is 12.3. The molecule has 2 aromatic carbocycles. The minimum atomic E-state index is -1.47. The summed E-state index contributed by atoms with van der Waals surface area (Å²) in [5, 5.41) is 18.6. The highest BCUT2D eigenvalue weighted by molar-refractivity contribution is 6.63. The summed E-state index contributed by atoms with van der Waals surface area (Å²) in [6.45, 7) is 0. The lowest BCUT2D eigenvalue weighted by Crippen LogP contribution is -2.46. The molecule has 120 valence electrons. The molecule has 2 N–H and O–H groups in total. The highest BCUT2D eigenvalue weighted by Gasteiger charge is 2.49. The topological polar surface area (TPSA) is 109 Å². The van der Waals surface area contributed by atoms with Crippen LogP contribution in [0.3, 0.4) is 0 Å². The van der Waals surface area contributed by atoms with E-state index in [9.17, 15) is 29.4 Å². The highest BCUT2D eigenvalue weighted by atomic mass is 16.3. The number of hydrogen-bond donors (Lipinski definition) is 2. The van der Waals surface area contributed by atoms with Crippen LogP contribution in [-0.2, 0) is 19.2 Å². The van der Waals surface area contributed by atoms with E-state index in [0.29, 0.717) is 0 Å². The molecular formula is C18H12O6. The van der Waals surface area contributed by atoms with Gasteiger partial charge in [-0.3, -0.25) is 19.2 Å². The molecule has 24 heavy (non-hydrogen) atoms. The fraction of sp³-hybridized carbons (Fsp3) is 0.111. The molecule has 0 spiro atoms. The molecule has 0 radical (unpaired) electrons. The SMILES string of the molecule is O=C1C(=O)C(c2ccc(O)cc2)C(=O)C(=O)C1c1ccc(O)cc1. The van der Waals surface area contributed by atoms with Crippen molar-refractivity contribution in [3.8, 4) is 11.5 Å². The van der Waals surface area contributed by atoms with Crippen LogP contribution in [-0.4, -0.2) is 33.3 Å². The molecule has 0 aromatic heterocycles. The first kappa shape index (κ1) is 15.6. The summed E-state index contributed by atoms with van der Waals surface area (Å²) in [5.74, 6) is -6.89. The first-order valence-electron chi connectivity index (χ1n) is 7.14. The lowest BCUT2D eigenvalue weighted by Gasteiger charge is -2.24. The van der Waals surface area contributed by atoms with Gasteiger partial charge in [0.2, 0.25) is 23.1 Å². The van der Waals surface area contributed by atoms with Crippen molar-refractivity contribution in [2.45, 2.75) is 11.8 Å². The largest absolute Gasteiger partial charge is 0.508 e. The van der Waals surface area contributed by atoms with Gasteiger partial charge in [0.1, 0.15) is 23.3 Å². The number of ketones is 4. The fourth-order valence-electron chi connectivity index (χ4n) is 2.75. The standard InChI is InChI=1S/C18H12O6/c19-11-5-1-9(2-6-11)13-15(21)17(23)14(18(24)16(13)22)10-3-7-12(20)8-4-10/h1-8,13-14,19-20H. The zero-order valence-corrected chi connectivity index (χ0v) is 12.3. The summed E-state index contributed by atoms with van der Waals surface area (Å²) in [4.78, 5) is 49.5. The molecule has 3 rings (SSSR count). The summed E-state index contributed by atoms with van der Waals surface area (Å²) < 4.78 is 0. The summed E-state index contributed by atoms with van der Waals surface area (Å²) >= 11 is 0. The van der Waals surface area contributed by atoms with Gasteiger partial charge in [-0.1, -0.05) is 24.3 Å². The third-order valence-electron chi connectivity index (χ3n) is 3.99. The summed E-state index contributed by atoms with van der Waals surface area (Å²) in [6.07, 6.45) is 0. The number of phenolic OH excluding ortho intramolecular Hbond substituents is 2. The Labute approximate surface area is 136 Å². The molecule has 1 aliphatic carbocycles. The van der Waals surface area contributed by atoms with Crippen molar-refractivity contribution in [2.75, 3.05) is 0 Å². The zero-order chi connectivity index (χ0) is 17.4. The van der Waals surface area contributed by atoms with Crippen LogP contribution in [0.1, 0.15) is 23.0 Å². The quantitative estimate of drug-likeness (QED) is 0.636. The summed E-state index contributed by atoms with van der Waals surface area (Å²) in [7, 11) is 0.